The van der Waals surface area contributed by atoms with E-state index in [0.29, 0.717) is 10.7 Å². The van der Waals surface area contributed by atoms with Crippen LogP contribution in [0.2, 0.25) is 0 Å². The minimum absolute atomic E-state index is 0.170. The highest BCUT2D eigenvalue weighted by atomic mass is 32.1. The maximum absolute atomic E-state index is 12.4. The Balaban J connectivity index is 1.87. The molecule has 0 fully saturated rings. The van der Waals surface area contributed by atoms with Gasteiger partial charge in [0.15, 0.2) is 5.13 Å². The van der Waals surface area contributed by atoms with Crippen LogP contribution in [0, 0.1) is 20.8 Å². The monoisotopic (exact) mass is 324 g/mol. The lowest BCUT2D eigenvalue weighted by Gasteiger charge is -2.04. The fourth-order valence-electron chi connectivity index (χ4n) is 2.30. The number of nitrogens with one attached hydrogen (secondary N) is 1. The number of nitrogens with zero attached hydrogens (tertiary/aromatic N) is 3. The lowest BCUT2D eigenvalue weighted by Crippen LogP contribution is -2.13. The van der Waals surface area contributed by atoms with Gasteiger partial charge in [-0.15, -0.1) is 0 Å². The molecule has 0 aliphatic heterocycles. The minimum atomic E-state index is -0.170. The number of carbonyl (C=O) groups is 1. The van der Waals surface area contributed by atoms with Crippen LogP contribution in [0.5, 0.6) is 0 Å². The smallest absolute Gasteiger partial charge is 0.257 e. The molecule has 0 saturated carbocycles. The van der Waals surface area contributed by atoms with Crippen molar-refractivity contribution in [2.75, 3.05) is 5.32 Å². The van der Waals surface area contributed by atoms with Crippen LogP contribution in [0.15, 0.2) is 36.8 Å². The number of aromatic nitrogens is 3. The standard InChI is InChI=1S/C17H16N4OS/c1-10-9-18-6-5-14(10)16(22)21-17-20-12(3)15(23-17)13-4-7-19-11(2)8-13/h4-9H,1-3H3,(H,20,21,22). The molecule has 0 radical (unpaired) electrons. The zero-order valence-corrected chi connectivity index (χ0v) is 13.9. The molecule has 3 heterocycles. The van der Waals surface area contributed by atoms with Crippen LogP contribution in [0.1, 0.15) is 27.3 Å². The van der Waals surface area contributed by atoms with Crippen LogP contribution in [-0.2, 0) is 0 Å². The molecule has 6 heteroatoms. The Kier molecular flexibility index (Phi) is 4.16. The first-order valence-electron chi connectivity index (χ1n) is 7.17. The van der Waals surface area contributed by atoms with E-state index in [1.807, 2.05) is 32.9 Å². The fourth-order valence-corrected chi connectivity index (χ4v) is 3.25. The molecule has 3 rings (SSSR count). The normalized spacial score (nSPS) is 10.6. The Morgan fingerprint density at radius 2 is 2.00 bits per heavy atom. The number of carbonyl (C=O) groups excluding carboxylic acids is 1. The number of pyridine rings is 2. The Hall–Kier alpha value is -2.60. The number of amides is 1. The maximum atomic E-state index is 12.4. The van der Waals surface area contributed by atoms with Crippen molar-refractivity contribution in [3.8, 4) is 10.4 Å². The van der Waals surface area contributed by atoms with Gasteiger partial charge in [-0.05, 0) is 50.1 Å². The Labute approximate surface area is 138 Å². The molecular formula is C17H16N4OS. The summed E-state index contributed by atoms with van der Waals surface area (Å²) in [5.74, 6) is -0.170. The molecule has 0 atom stereocenters. The average molecular weight is 324 g/mol. The summed E-state index contributed by atoms with van der Waals surface area (Å²) < 4.78 is 0. The molecule has 3 aromatic heterocycles. The topological polar surface area (TPSA) is 67.8 Å². The van der Waals surface area contributed by atoms with Crippen molar-refractivity contribution in [2.24, 2.45) is 0 Å². The van der Waals surface area contributed by atoms with Gasteiger partial charge < -0.3 is 0 Å². The van der Waals surface area contributed by atoms with E-state index in [-0.39, 0.29) is 5.91 Å². The van der Waals surface area contributed by atoms with Gasteiger partial charge in [0.2, 0.25) is 0 Å². The second kappa shape index (κ2) is 6.26. The first-order chi connectivity index (χ1) is 11.0. The molecule has 0 aliphatic carbocycles. The van der Waals surface area contributed by atoms with E-state index in [1.165, 1.54) is 11.3 Å². The van der Waals surface area contributed by atoms with Crippen molar-refractivity contribution >= 4 is 22.4 Å². The van der Waals surface area contributed by atoms with Crippen molar-refractivity contribution in [1.29, 1.82) is 0 Å². The summed E-state index contributed by atoms with van der Waals surface area (Å²) in [6.45, 7) is 5.75. The molecular weight excluding hydrogens is 308 g/mol. The fraction of sp³-hybridized carbons (Fsp3) is 0.176. The highest BCUT2D eigenvalue weighted by Gasteiger charge is 2.14. The molecule has 0 aliphatic rings. The van der Waals surface area contributed by atoms with Gasteiger partial charge in [-0.3, -0.25) is 20.1 Å². The minimum Gasteiger partial charge on any atom is -0.298 e. The van der Waals surface area contributed by atoms with Crippen LogP contribution in [-0.4, -0.2) is 20.9 Å². The summed E-state index contributed by atoms with van der Waals surface area (Å²) in [5, 5.41) is 3.46. The second-order valence-corrected chi connectivity index (χ2v) is 6.26. The molecule has 0 bridgehead atoms. The summed E-state index contributed by atoms with van der Waals surface area (Å²) in [6.07, 6.45) is 5.07. The number of aryl methyl sites for hydroxylation is 3. The predicted molar refractivity (Wildman–Crippen MR) is 91.7 cm³/mol. The lowest BCUT2D eigenvalue weighted by atomic mass is 10.1. The number of anilines is 1. The average Bonchev–Trinajstić information content (AvgIpc) is 2.88. The maximum Gasteiger partial charge on any atom is 0.257 e. The first kappa shape index (κ1) is 15.3. The van der Waals surface area contributed by atoms with E-state index in [2.05, 4.69) is 20.3 Å². The number of hydrogen-bond donors (Lipinski definition) is 1. The molecule has 0 spiro atoms. The van der Waals surface area contributed by atoms with E-state index < -0.39 is 0 Å². The van der Waals surface area contributed by atoms with Crippen molar-refractivity contribution < 1.29 is 4.79 Å². The molecule has 23 heavy (non-hydrogen) atoms. The van der Waals surface area contributed by atoms with E-state index in [1.54, 1.807) is 24.7 Å². The van der Waals surface area contributed by atoms with Gasteiger partial charge in [0.05, 0.1) is 10.6 Å². The van der Waals surface area contributed by atoms with Gasteiger partial charge in [0.25, 0.3) is 5.91 Å². The third-order valence-corrected chi connectivity index (χ3v) is 4.56. The number of rotatable bonds is 3. The summed E-state index contributed by atoms with van der Waals surface area (Å²) in [4.78, 5) is 26.1. The number of thiazole rings is 1. The zero-order valence-electron chi connectivity index (χ0n) is 13.1. The second-order valence-electron chi connectivity index (χ2n) is 5.26. The van der Waals surface area contributed by atoms with Gasteiger partial charge >= 0.3 is 0 Å². The molecule has 0 unspecified atom stereocenters. The van der Waals surface area contributed by atoms with Crippen LogP contribution >= 0.6 is 11.3 Å². The third kappa shape index (κ3) is 3.27. The third-order valence-electron chi connectivity index (χ3n) is 3.44. The summed E-state index contributed by atoms with van der Waals surface area (Å²) >= 11 is 1.46. The first-order valence-corrected chi connectivity index (χ1v) is 7.98. The molecule has 1 N–H and O–H groups in total. The summed E-state index contributed by atoms with van der Waals surface area (Å²) in [5.41, 5.74) is 4.35. The molecule has 0 aromatic carbocycles. The van der Waals surface area contributed by atoms with E-state index >= 15 is 0 Å². The van der Waals surface area contributed by atoms with Crippen molar-refractivity contribution in [3.05, 3.63) is 59.3 Å². The van der Waals surface area contributed by atoms with Gasteiger partial charge in [-0.25, -0.2) is 4.98 Å². The van der Waals surface area contributed by atoms with Crippen molar-refractivity contribution in [1.82, 2.24) is 15.0 Å². The lowest BCUT2D eigenvalue weighted by molar-refractivity contribution is 0.102. The van der Waals surface area contributed by atoms with Crippen molar-refractivity contribution in [3.63, 3.8) is 0 Å². The van der Waals surface area contributed by atoms with E-state index in [9.17, 15) is 4.79 Å². The summed E-state index contributed by atoms with van der Waals surface area (Å²) in [7, 11) is 0. The predicted octanol–water partition coefficient (Wildman–Crippen LogP) is 3.78. The molecule has 1 amide bonds. The Morgan fingerprint density at radius 1 is 1.17 bits per heavy atom. The number of hydrogen-bond acceptors (Lipinski definition) is 5. The van der Waals surface area contributed by atoms with Crippen LogP contribution in [0.3, 0.4) is 0 Å². The zero-order chi connectivity index (χ0) is 16.4. The van der Waals surface area contributed by atoms with E-state index in [0.717, 1.165) is 27.4 Å². The van der Waals surface area contributed by atoms with Gasteiger partial charge in [-0.1, -0.05) is 11.3 Å². The molecule has 0 saturated heterocycles. The van der Waals surface area contributed by atoms with E-state index in [4.69, 9.17) is 0 Å². The van der Waals surface area contributed by atoms with Crippen LogP contribution in [0.4, 0.5) is 5.13 Å². The van der Waals surface area contributed by atoms with Gasteiger partial charge in [0.1, 0.15) is 0 Å². The highest BCUT2D eigenvalue weighted by Crippen LogP contribution is 2.32. The van der Waals surface area contributed by atoms with Gasteiger partial charge in [-0.2, -0.15) is 0 Å². The SMILES string of the molecule is Cc1cc(-c2sc(NC(=O)c3ccncc3C)nc2C)ccn1. The Bertz CT molecular complexity index is 873. The molecule has 116 valence electrons. The van der Waals surface area contributed by atoms with Crippen LogP contribution < -0.4 is 5.32 Å². The Morgan fingerprint density at radius 3 is 2.74 bits per heavy atom. The highest BCUT2D eigenvalue weighted by molar-refractivity contribution is 7.19. The van der Waals surface area contributed by atoms with Gasteiger partial charge in [0, 0.05) is 29.8 Å². The van der Waals surface area contributed by atoms with Crippen molar-refractivity contribution in [2.45, 2.75) is 20.8 Å². The van der Waals surface area contributed by atoms with Crippen LogP contribution in [0.25, 0.3) is 10.4 Å². The largest absolute Gasteiger partial charge is 0.298 e. The quantitative estimate of drug-likeness (QED) is 0.796. The molecule has 3 aromatic rings. The summed E-state index contributed by atoms with van der Waals surface area (Å²) in [6, 6.07) is 5.67. The molecule has 5 nitrogen and oxygen atoms in total.